The molecule has 5 fully saturated rings. The number of nitrogens with one attached hydrogen (secondary N) is 1. The number of carbonyl (C=O) groups excluding carboxylic acids is 7. The minimum absolute atomic E-state index is 0. The third-order valence-electron chi connectivity index (χ3n) is 18.2. The van der Waals surface area contributed by atoms with E-state index in [0.29, 0.717) is 102 Å². The number of esters is 1. The number of halogens is 18. The quantitative estimate of drug-likeness (QED) is 0.0233. The Morgan fingerprint density at radius 3 is 1.42 bits per heavy atom. The first-order valence-corrected chi connectivity index (χ1v) is 77.7. The first-order valence-electron chi connectivity index (χ1n) is 36.2. The number of ether oxygens (including phenoxy) is 1. The molecule has 0 spiro atoms. The topological polar surface area (TPSA) is 183 Å². The fourth-order valence-corrected chi connectivity index (χ4v) is 16.3. The Balaban J connectivity index is 0. The molecule has 0 bridgehead atoms. The standard InChI is InChI=1S/C20H20FNO3S.C18H18FNO2S.C11H10BrFO.C11H11FO.C7H6BrF.C7H9NOS.C4H5N.2CH3I.CH4.BHNS.I3.I2.4HI.Mg.V.2H/c1-12(23)25-18-10-14-11-22(9-8-17(14)26-18)19(20(24)13-6-7-13)15-4-2-3-5-16(15)21;19-14-4-2-1-3-13(14)17(18(22)11-5-6-11)20-8-7-15-12(10-20)9-16(21)23-15;12-10(11(14)7-5-6-7)8-3-1-2-4-9(8)13;12-10-4-2-1-3-9(10)7-11(13)8-5-6-8;8-5-6-3-1-2-4-7(6)9;9-7-3-5-4-8-2-1-6(5)10-7;5-3-4-1-2-4;2*1-2;;1-2-3;1-3-2;1-2;;;;;;;;/h2-5,10,13,19H,6-9,11H2,1H3;1-4,11,17H,5-10H2;1-4,7,10H,5-6H2;1-4,8H,5-7H2;1-4H,5H2;8H,1-4H2;4H,1-2H2;2*1H3;1H4;3H;;;4*1H;;;;/q;;;;;;;;;;;-1;;;;;;+2;+3;2*-1/p-3. The number of thiol groups is 1. The van der Waals surface area contributed by atoms with Crippen LogP contribution in [0.4, 0.5) is 22.0 Å². The number of nitriles is 1. The number of alkyl halides is 4. The van der Waals surface area contributed by atoms with Gasteiger partial charge in [0.15, 0.2) is 32.6 Å². The predicted molar refractivity (Wildman–Crippen MR) is 572 cm³/mol. The van der Waals surface area contributed by atoms with Gasteiger partial charge in [-0.25, -0.2) is 22.0 Å². The number of nitrogens with zero attached hydrogens (tertiary/aromatic N) is 4. The second kappa shape index (κ2) is 68.1. The Labute approximate surface area is 888 Å². The maximum Gasteiger partial charge on any atom is 2.00 e. The van der Waals surface area contributed by atoms with Gasteiger partial charge < -0.3 is 12.9 Å². The van der Waals surface area contributed by atoms with Gasteiger partial charge in [-0.3, -0.25) is 43.4 Å². The predicted octanol–water partition coefficient (Wildman–Crippen LogP) is 24.1. The van der Waals surface area contributed by atoms with Crippen LogP contribution in [0.2, 0.25) is 0 Å². The van der Waals surface area contributed by atoms with Crippen LogP contribution in [0, 0.1) is 70.0 Å². The Morgan fingerprint density at radius 2 is 1.03 bits per heavy atom. The molecule has 10 aliphatic rings. The average molecular weight is 3130 g/mol. The van der Waals surface area contributed by atoms with Gasteiger partial charge in [0.25, 0.3) is 0 Å². The maximum absolute atomic E-state index is 14.4. The number of rotatable bonds is 16. The number of carbonyl (C=O) groups is 7. The summed E-state index contributed by atoms with van der Waals surface area (Å²) >= 11 is 35.1. The molecule has 6 aromatic rings. The summed E-state index contributed by atoms with van der Waals surface area (Å²) in [7, 11) is 4.34. The van der Waals surface area contributed by atoms with Gasteiger partial charge in [0.1, 0.15) is 39.7 Å². The fraction of sp³-hybridized carbons (Fsp3) is 0.432. The molecule has 1 radical (unpaired) electrons. The molecule has 13 nitrogen and oxygen atoms in total. The maximum atomic E-state index is 14.4. The smallest absolute Gasteiger partial charge is 2.00 e. The SMILES string of the molecule is C.CC(=O)Oc1cc2c(s1)CCN(C(C(=O)C1CC1)c1ccccc1F)C2.CI.CI.Fc1ccccc1CBr.I.II.I[I-]I.N#CC1CC1.O=C(C1CC1)C(Br)c1ccccc1F.O=C(Cc1ccccc1F)C1CC1.O=C1CC2=C(CCN(C(C(=O)C3CC3)c3ccccc3F)C2)S1.O=C1CC2=C(CCNC2)S1.[B]=NS.[H-].[H-].[I][V]([I])[I].[Mg+2]. The van der Waals surface area contributed by atoms with Crippen molar-refractivity contribution in [3.63, 3.8) is 0 Å². The van der Waals surface area contributed by atoms with Crippen molar-refractivity contribution in [3.8, 4) is 11.1 Å². The summed E-state index contributed by atoms with van der Waals surface area (Å²) in [5, 5.41) is 12.9. The first kappa shape index (κ1) is 120. The third-order valence-corrected chi connectivity index (χ3v) is 23.1. The summed E-state index contributed by atoms with van der Waals surface area (Å²) in [6.45, 7) is 5.91. The minimum atomic E-state index is -0.547. The van der Waals surface area contributed by atoms with E-state index in [-0.39, 0.29) is 156 Å². The monoisotopic (exact) mass is 3130 g/mol. The molecule has 0 amide bonds. The number of benzene rings is 5. The van der Waals surface area contributed by atoms with Crippen molar-refractivity contribution in [3.05, 3.63) is 216 Å². The van der Waals surface area contributed by atoms with Crippen molar-refractivity contribution in [1.29, 1.82) is 5.26 Å². The molecule has 6 heterocycles. The van der Waals surface area contributed by atoms with Crippen LogP contribution < -0.4 is 23.3 Å². The molecule has 5 saturated carbocycles. The van der Waals surface area contributed by atoms with Gasteiger partial charge in [0, 0.05) is 153 Å². The molecule has 38 heteroatoms. The van der Waals surface area contributed by atoms with Crippen molar-refractivity contribution >= 4 is 353 Å². The fourth-order valence-electron chi connectivity index (χ4n) is 12.0. The van der Waals surface area contributed by atoms with Gasteiger partial charge in [-0.05, 0) is 174 Å². The van der Waals surface area contributed by atoms with Gasteiger partial charge in [-0.15, -0.1) is 35.3 Å². The number of hydrogen-bond donors (Lipinski definition) is 2. The van der Waals surface area contributed by atoms with E-state index in [1.165, 1.54) is 87.5 Å². The number of ketones is 4. The molecule has 3 atom stereocenters. The van der Waals surface area contributed by atoms with Crippen molar-refractivity contribution in [1.82, 2.24) is 15.1 Å². The van der Waals surface area contributed by atoms with Gasteiger partial charge >= 0.3 is 169 Å². The number of hydrogen-bond acceptors (Lipinski definition) is 17. The van der Waals surface area contributed by atoms with E-state index in [1.807, 2.05) is 22.0 Å². The molecule has 5 aliphatic carbocycles. The Morgan fingerprint density at radius 1 is 0.647 bits per heavy atom. The molecule has 5 aromatic carbocycles. The molecule has 0 saturated heterocycles. The molecule has 5 aliphatic heterocycles. The van der Waals surface area contributed by atoms with E-state index in [0.717, 1.165) is 113 Å². The van der Waals surface area contributed by atoms with Crippen LogP contribution in [0.25, 0.3) is 0 Å². The second-order valence-corrected chi connectivity index (χ2v) is 83.3. The Hall–Kier alpha value is 3.05. The number of Topliss-reactive ketones (excluding diaryl/α,β-unsaturated/α-hetero) is 4. The second-order valence-electron chi connectivity index (χ2n) is 26.6. The molecule has 119 heavy (non-hydrogen) atoms. The zero-order valence-electron chi connectivity index (χ0n) is 66.3. The van der Waals surface area contributed by atoms with Crippen LogP contribution in [-0.2, 0) is 63.2 Å². The summed E-state index contributed by atoms with van der Waals surface area (Å²) in [4.78, 5) is 93.5. The van der Waals surface area contributed by atoms with E-state index in [9.17, 15) is 55.5 Å². The van der Waals surface area contributed by atoms with Crippen LogP contribution in [0.1, 0.15) is 162 Å². The molecule has 16 rings (SSSR count). The largest absolute Gasteiger partial charge is 2.00 e. The van der Waals surface area contributed by atoms with Gasteiger partial charge in [0.05, 0.1) is 18.2 Å². The molecule has 1 aromatic heterocycles. The molecule has 3 unspecified atom stereocenters. The number of thioether (sulfide) groups is 2. The Kier molecular flexibility index (Phi) is 68.7. The summed E-state index contributed by atoms with van der Waals surface area (Å²) in [6.07, 6.45) is 13.9. The van der Waals surface area contributed by atoms with Crippen LogP contribution in [0.5, 0.6) is 5.06 Å². The van der Waals surface area contributed by atoms with Crippen LogP contribution in [-0.4, -0.2) is 122 Å². The zero-order valence-corrected chi connectivity index (χ0v) is 97.5. The molecule has 651 valence electrons. The minimum Gasteiger partial charge on any atom is 2.00 e. The van der Waals surface area contributed by atoms with E-state index >= 15 is 0 Å². The van der Waals surface area contributed by atoms with Gasteiger partial charge in [-0.2, -0.15) is 5.26 Å². The van der Waals surface area contributed by atoms with E-state index in [2.05, 4.69) is 257 Å². The number of thiophene rings is 1. The van der Waals surface area contributed by atoms with Crippen LogP contribution in [0.3, 0.4) is 0 Å². The van der Waals surface area contributed by atoms with Crippen molar-refractivity contribution < 1.29 is 81.3 Å². The van der Waals surface area contributed by atoms with Crippen molar-refractivity contribution in [2.45, 2.75) is 146 Å². The van der Waals surface area contributed by atoms with Gasteiger partial charge in [0.2, 0.25) is 0 Å². The van der Waals surface area contributed by atoms with Crippen LogP contribution in [0.15, 0.2) is 153 Å². The zero-order chi connectivity index (χ0) is 86.0. The first-order chi connectivity index (χ1) is 55.8. The summed E-state index contributed by atoms with van der Waals surface area (Å²) in [5.41, 5.74) is 6.13. The normalized spacial score (nSPS) is 16.8. The van der Waals surface area contributed by atoms with E-state index < -0.39 is 16.9 Å². The van der Waals surface area contributed by atoms with Crippen molar-refractivity contribution in [2.75, 3.05) is 42.6 Å². The van der Waals surface area contributed by atoms with Crippen molar-refractivity contribution in [2.24, 2.45) is 33.9 Å². The average Bonchev–Trinajstić information content (AvgIpc) is 0.991. The molecular formula is C81H93BBr2F5I11MgN5O8S4V-. The summed E-state index contributed by atoms with van der Waals surface area (Å²) in [6, 6.07) is 35.7. The summed E-state index contributed by atoms with van der Waals surface area (Å²) in [5.74, 6) is -0.220. The third kappa shape index (κ3) is 45.6. The van der Waals surface area contributed by atoms with Crippen LogP contribution >= 0.6 is 283 Å². The van der Waals surface area contributed by atoms with E-state index in [4.69, 9.17) is 10.00 Å². The summed E-state index contributed by atoms with van der Waals surface area (Å²) < 4.78 is 75.6. The van der Waals surface area contributed by atoms with Gasteiger partial charge in [-0.1, -0.05) is 199 Å². The molecular weight excluding hydrogens is 3040 g/mol. The van der Waals surface area contributed by atoms with E-state index in [1.54, 1.807) is 84.9 Å². The molecule has 1 N–H and O–H groups in total. The number of fused-ring (bicyclic) bond motifs is 1. The Bertz CT molecular complexity index is 4290.